The molecule has 0 bridgehead atoms. The summed E-state index contributed by atoms with van der Waals surface area (Å²) < 4.78 is 1.25. The minimum atomic E-state index is -0.605. The predicted molar refractivity (Wildman–Crippen MR) is 119 cm³/mol. The van der Waals surface area contributed by atoms with Gasteiger partial charge in [-0.2, -0.15) is 0 Å². The van der Waals surface area contributed by atoms with Crippen LogP contribution < -0.4 is 16.6 Å². The highest BCUT2D eigenvalue weighted by atomic mass is 16.2. The fourth-order valence-electron chi connectivity index (χ4n) is 4.29. The van der Waals surface area contributed by atoms with Crippen molar-refractivity contribution in [1.29, 1.82) is 0 Å². The molecule has 1 atom stereocenters. The number of aryl methyl sites for hydroxylation is 2. The van der Waals surface area contributed by atoms with E-state index in [9.17, 15) is 14.4 Å². The molecule has 0 saturated carbocycles. The summed E-state index contributed by atoms with van der Waals surface area (Å²) >= 11 is 0. The van der Waals surface area contributed by atoms with E-state index >= 15 is 0 Å². The van der Waals surface area contributed by atoms with Gasteiger partial charge in [-0.15, -0.1) is 0 Å². The summed E-state index contributed by atoms with van der Waals surface area (Å²) in [5.74, 6) is -0.349. The average molecular weight is 422 g/mol. The minimum absolute atomic E-state index is 0.0577. The Hall–Kier alpha value is -3.26. The van der Waals surface area contributed by atoms with E-state index in [0.717, 1.165) is 31.5 Å². The van der Waals surface area contributed by atoms with Gasteiger partial charge in [0.15, 0.2) is 0 Å². The van der Waals surface area contributed by atoms with E-state index in [1.54, 1.807) is 13.0 Å². The number of benzene rings is 1. The van der Waals surface area contributed by atoms with E-state index < -0.39 is 11.2 Å². The number of aromatic amines is 1. The van der Waals surface area contributed by atoms with E-state index in [1.807, 2.05) is 18.2 Å². The normalized spacial score (nSPS) is 15.7. The number of nitrogens with zero attached hydrogens (tertiary/aromatic N) is 3. The van der Waals surface area contributed by atoms with Crippen molar-refractivity contribution in [1.82, 2.24) is 24.8 Å². The summed E-state index contributed by atoms with van der Waals surface area (Å²) in [7, 11) is 1.52. The summed E-state index contributed by atoms with van der Waals surface area (Å²) in [6.07, 6.45) is 3.53. The van der Waals surface area contributed by atoms with E-state index in [0.29, 0.717) is 12.2 Å². The Bertz CT molecular complexity index is 1210. The number of H-pyrrole nitrogens is 1. The third-order valence-corrected chi connectivity index (χ3v) is 5.91. The van der Waals surface area contributed by atoms with Gasteiger partial charge in [0.25, 0.3) is 11.5 Å². The first-order valence-electron chi connectivity index (χ1n) is 10.6. The lowest BCUT2D eigenvalue weighted by atomic mass is 10.0. The number of rotatable bonds is 5. The number of carbonyl (C=O) groups is 1. The Labute approximate surface area is 179 Å². The Balaban J connectivity index is 1.66. The van der Waals surface area contributed by atoms with Crippen molar-refractivity contribution in [2.24, 2.45) is 7.05 Å². The number of carbonyl (C=O) groups excluding carboxylic acids is 1. The molecule has 4 rings (SSSR count). The Kier molecular flexibility index (Phi) is 5.99. The lowest BCUT2D eigenvalue weighted by Crippen LogP contribution is -2.41. The van der Waals surface area contributed by atoms with Crippen molar-refractivity contribution >= 4 is 16.9 Å². The molecule has 2 aromatic heterocycles. The Morgan fingerprint density at radius 3 is 2.58 bits per heavy atom. The quantitative estimate of drug-likeness (QED) is 0.655. The van der Waals surface area contributed by atoms with Gasteiger partial charge in [-0.25, -0.2) is 9.78 Å². The van der Waals surface area contributed by atoms with Crippen molar-refractivity contribution in [3.05, 3.63) is 74.1 Å². The second-order valence-electron chi connectivity index (χ2n) is 8.06. The van der Waals surface area contributed by atoms with E-state index in [2.05, 4.69) is 32.3 Å². The SMILES string of the molecule is Cc1cc(C(=O)NC[C@@H](c2ccccc2)N2CCCCC2)c2c(=O)[nH]c(=O)n(C)c2n1. The van der Waals surface area contributed by atoms with E-state index in [4.69, 9.17) is 0 Å². The van der Waals surface area contributed by atoms with Crippen LogP contribution >= 0.6 is 0 Å². The molecule has 1 aromatic carbocycles. The lowest BCUT2D eigenvalue weighted by Gasteiger charge is -2.35. The number of hydrogen-bond acceptors (Lipinski definition) is 5. The van der Waals surface area contributed by atoms with Crippen LogP contribution in [0.3, 0.4) is 0 Å². The molecule has 1 amide bonds. The third-order valence-electron chi connectivity index (χ3n) is 5.91. The fraction of sp³-hybridized carbons (Fsp3) is 0.391. The molecule has 8 heteroatoms. The fourth-order valence-corrected chi connectivity index (χ4v) is 4.29. The number of amides is 1. The summed E-state index contributed by atoms with van der Waals surface area (Å²) in [5.41, 5.74) is 0.983. The largest absolute Gasteiger partial charge is 0.350 e. The van der Waals surface area contributed by atoms with Crippen LogP contribution in [0.4, 0.5) is 0 Å². The summed E-state index contributed by atoms with van der Waals surface area (Å²) in [6, 6.07) is 11.8. The molecule has 1 saturated heterocycles. The molecule has 1 fully saturated rings. The first-order valence-corrected chi connectivity index (χ1v) is 10.6. The number of aromatic nitrogens is 3. The van der Waals surface area contributed by atoms with Gasteiger partial charge < -0.3 is 5.32 Å². The van der Waals surface area contributed by atoms with Gasteiger partial charge in [0.2, 0.25) is 0 Å². The molecule has 31 heavy (non-hydrogen) atoms. The molecule has 0 aliphatic carbocycles. The highest BCUT2D eigenvalue weighted by Crippen LogP contribution is 2.24. The molecule has 1 aliphatic rings. The smallest absolute Gasteiger partial charge is 0.329 e. The number of piperidine rings is 1. The Morgan fingerprint density at radius 2 is 1.87 bits per heavy atom. The molecule has 2 N–H and O–H groups in total. The second kappa shape index (κ2) is 8.85. The molecular weight excluding hydrogens is 394 g/mol. The van der Waals surface area contributed by atoms with Gasteiger partial charge in [0.1, 0.15) is 5.65 Å². The van der Waals surface area contributed by atoms with Crippen molar-refractivity contribution in [3.63, 3.8) is 0 Å². The van der Waals surface area contributed by atoms with Gasteiger partial charge in [-0.1, -0.05) is 36.8 Å². The molecule has 162 valence electrons. The molecule has 8 nitrogen and oxygen atoms in total. The average Bonchev–Trinajstić information content (AvgIpc) is 2.78. The molecule has 3 aromatic rings. The zero-order chi connectivity index (χ0) is 22.0. The second-order valence-corrected chi connectivity index (χ2v) is 8.06. The highest BCUT2D eigenvalue weighted by molar-refractivity contribution is 6.05. The van der Waals surface area contributed by atoms with Crippen LogP contribution in [-0.2, 0) is 7.05 Å². The summed E-state index contributed by atoms with van der Waals surface area (Å²) in [4.78, 5) is 46.6. The first kappa shape index (κ1) is 21.0. The summed E-state index contributed by atoms with van der Waals surface area (Å²) in [5, 5.41) is 3.15. The number of pyridine rings is 1. The molecular formula is C23H27N5O3. The molecule has 1 aliphatic heterocycles. The van der Waals surface area contributed by atoms with Crippen molar-refractivity contribution < 1.29 is 4.79 Å². The predicted octanol–water partition coefficient (Wildman–Crippen LogP) is 1.89. The van der Waals surface area contributed by atoms with Crippen LogP contribution in [0.2, 0.25) is 0 Å². The maximum atomic E-state index is 13.2. The van der Waals surface area contributed by atoms with Gasteiger partial charge in [-0.05, 0) is 44.5 Å². The molecule has 0 unspecified atom stereocenters. The minimum Gasteiger partial charge on any atom is -0.350 e. The molecule has 0 radical (unpaired) electrons. The standard InChI is InChI=1S/C23H27N5O3/c1-15-13-17(19-20(25-15)27(2)23(31)26-22(19)30)21(29)24-14-18(16-9-5-3-6-10-16)28-11-7-4-8-12-28/h3,5-6,9-10,13,18H,4,7-8,11-12,14H2,1-2H3,(H,24,29)(H,26,30,31)/t18-/m0/s1. The number of likely N-dealkylation sites (tertiary alicyclic amines) is 1. The highest BCUT2D eigenvalue weighted by Gasteiger charge is 2.24. The monoisotopic (exact) mass is 421 g/mol. The lowest BCUT2D eigenvalue weighted by molar-refractivity contribution is 0.0926. The Morgan fingerprint density at radius 1 is 1.16 bits per heavy atom. The number of nitrogens with one attached hydrogen (secondary N) is 2. The molecule has 3 heterocycles. The van der Waals surface area contributed by atoms with Crippen LogP contribution in [0, 0.1) is 6.92 Å². The molecule has 0 spiro atoms. The first-order chi connectivity index (χ1) is 15.0. The van der Waals surface area contributed by atoms with E-state index in [-0.39, 0.29) is 28.5 Å². The third kappa shape index (κ3) is 4.29. The van der Waals surface area contributed by atoms with Gasteiger partial charge >= 0.3 is 5.69 Å². The number of hydrogen-bond donors (Lipinski definition) is 2. The number of fused-ring (bicyclic) bond motifs is 1. The van der Waals surface area contributed by atoms with Gasteiger partial charge in [0.05, 0.1) is 17.0 Å². The van der Waals surface area contributed by atoms with E-state index in [1.165, 1.54) is 18.0 Å². The zero-order valence-corrected chi connectivity index (χ0v) is 17.9. The van der Waals surface area contributed by atoms with Crippen LogP contribution in [0.25, 0.3) is 11.0 Å². The van der Waals surface area contributed by atoms with Gasteiger partial charge in [0, 0.05) is 19.3 Å². The van der Waals surface area contributed by atoms with Crippen LogP contribution in [0.1, 0.15) is 46.9 Å². The van der Waals surface area contributed by atoms with Crippen molar-refractivity contribution in [2.75, 3.05) is 19.6 Å². The topological polar surface area (TPSA) is 100 Å². The maximum absolute atomic E-state index is 13.2. The zero-order valence-electron chi connectivity index (χ0n) is 17.9. The van der Waals surface area contributed by atoms with Gasteiger partial charge in [-0.3, -0.25) is 24.0 Å². The van der Waals surface area contributed by atoms with Crippen LogP contribution in [0.5, 0.6) is 0 Å². The summed E-state index contributed by atoms with van der Waals surface area (Å²) in [6.45, 7) is 4.15. The van der Waals surface area contributed by atoms with Crippen molar-refractivity contribution in [3.8, 4) is 0 Å². The van der Waals surface area contributed by atoms with Crippen LogP contribution in [0.15, 0.2) is 46.0 Å². The van der Waals surface area contributed by atoms with Crippen molar-refractivity contribution in [2.45, 2.75) is 32.2 Å². The van der Waals surface area contributed by atoms with Crippen LogP contribution in [-0.4, -0.2) is 45.0 Å². The maximum Gasteiger partial charge on any atom is 0.329 e.